The summed E-state index contributed by atoms with van der Waals surface area (Å²) in [6.45, 7) is 10.9. The zero-order valence-corrected chi connectivity index (χ0v) is 37.0. The summed E-state index contributed by atoms with van der Waals surface area (Å²) in [5, 5.41) is 0. The number of rotatable bonds is 10. The van der Waals surface area contributed by atoms with Crippen LogP contribution in [-0.2, 0) is 6.42 Å². The minimum absolute atomic E-state index is 0.640. The van der Waals surface area contributed by atoms with Gasteiger partial charge in [0.15, 0.2) is 5.84 Å². The van der Waals surface area contributed by atoms with Gasteiger partial charge in [-0.2, -0.15) is 0 Å². The van der Waals surface area contributed by atoms with Crippen LogP contribution in [0.2, 0.25) is 0 Å². The van der Waals surface area contributed by atoms with E-state index in [1.54, 1.807) is 0 Å². The van der Waals surface area contributed by atoms with Gasteiger partial charge in [-0.25, -0.2) is 9.98 Å². The molecular formula is C62H49N3. The highest BCUT2D eigenvalue weighted by Crippen LogP contribution is 2.45. The number of fused-ring (bicyclic) bond motifs is 3. The maximum Gasteiger partial charge on any atom is 0.160 e. The summed E-state index contributed by atoms with van der Waals surface area (Å²) in [4.78, 5) is 12.9. The lowest BCUT2D eigenvalue weighted by Gasteiger charge is -2.27. The molecule has 9 aromatic rings. The molecule has 3 nitrogen and oxygen atoms in total. The Bertz CT molecular complexity index is 3240. The van der Waals surface area contributed by atoms with Crippen LogP contribution >= 0.6 is 0 Å². The topological polar surface area (TPSA) is 28.0 Å². The zero-order valence-electron chi connectivity index (χ0n) is 37.0. The smallest absolute Gasteiger partial charge is 0.160 e. The van der Waals surface area contributed by atoms with Crippen molar-refractivity contribution in [3.63, 3.8) is 0 Å². The Morgan fingerprint density at radius 1 is 0.431 bits per heavy atom. The lowest BCUT2D eigenvalue weighted by molar-refractivity contribution is 1.24. The molecule has 1 aliphatic carbocycles. The van der Waals surface area contributed by atoms with Crippen molar-refractivity contribution in [1.29, 1.82) is 0 Å². The van der Waals surface area contributed by atoms with E-state index in [0.29, 0.717) is 11.5 Å². The fraction of sp³-hybridized carbons (Fsp3) is 0.0645. The lowest BCUT2D eigenvalue weighted by atomic mass is 9.93. The van der Waals surface area contributed by atoms with Gasteiger partial charge in [0.05, 0.1) is 5.70 Å². The molecule has 9 aromatic carbocycles. The van der Waals surface area contributed by atoms with Crippen LogP contribution in [0.5, 0.6) is 0 Å². The molecule has 0 fully saturated rings. The summed E-state index contributed by atoms with van der Waals surface area (Å²) in [5.74, 6) is 0.640. The SMILES string of the molecule is C=C(N=C(N=C(C)c1ccccc1)c1cccc2c1-c1cc(N(c3ccc(-c4ccccc4)cc3)c3ccc(-c4ccc(C)c(-c5ccccc5C)c4)cc3)ccc1C2)c1ccccc1. The molecule has 3 heteroatoms. The van der Waals surface area contributed by atoms with Crippen LogP contribution in [0.3, 0.4) is 0 Å². The Balaban J connectivity index is 1.08. The van der Waals surface area contributed by atoms with E-state index in [-0.39, 0.29) is 0 Å². The van der Waals surface area contributed by atoms with Crippen molar-refractivity contribution in [1.82, 2.24) is 0 Å². The van der Waals surface area contributed by atoms with Gasteiger partial charge in [0.2, 0.25) is 0 Å². The second-order valence-electron chi connectivity index (χ2n) is 16.8. The molecule has 0 heterocycles. The molecule has 10 rings (SSSR count). The fourth-order valence-electron chi connectivity index (χ4n) is 9.07. The Hall–Kier alpha value is -8.14. The maximum absolute atomic E-state index is 5.28. The van der Waals surface area contributed by atoms with E-state index in [1.807, 2.05) is 48.5 Å². The van der Waals surface area contributed by atoms with Crippen molar-refractivity contribution in [2.45, 2.75) is 27.2 Å². The molecule has 0 spiro atoms. The van der Waals surface area contributed by atoms with Crippen molar-refractivity contribution < 1.29 is 0 Å². The van der Waals surface area contributed by atoms with Crippen LogP contribution < -0.4 is 4.90 Å². The minimum Gasteiger partial charge on any atom is -0.310 e. The van der Waals surface area contributed by atoms with Crippen molar-refractivity contribution in [2.75, 3.05) is 4.90 Å². The van der Waals surface area contributed by atoms with Crippen LogP contribution in [-0.4, -0.2) is 11.5 Å². The molecule has 0 unspecified atom stereocenters. The van der Waals surface area contributed by atoms with Crippen molar-refractivity contribution >= 4 is 34.3 Å². The molecule has 0 aliphatic heterocycles. The summed E-state index contributed by atoms with van der Waals surface area (Å²) < 4.78 is 0. The molecule has 312 valence electrons. The highest BCUT2D eigenvalue weighted by Gasteiger charge is 2.26. The highest BCUT2D eigenvalue weighted by molar-refractivity contribution is 6.16. The quantitative estimate of drug-likeness (QED) is 0.0996. The number of hydrogen-bond donors (Lipinski definition) is 0. The van der Waals surface area contributed by atoms with Gasteiger partial charge in [-0.1, -0.05) is 183 Å². The molecule has 0 N–H and O–H groups in total. The predicted molar refractivity (Wildman–Crippen MR) is 276 cm³/mol. The van der Waals surface area contributed by atoms with E-state index in [0.717, 1.165) is 51.4 Å². The van der Waals surface area contributed by atoms with Gasteiger partial charge in [-0.3, -0.25) is 0 Å². The molecule has 0 bridgehead atoms. The van der Waals surface area contributed by atoms with E-state index >= 15 is 0 Å². The first kappa shape index (κ1) is 40.9. The maximum atomic E-state index is 5.28. The van der Waals surface area contributed by atoms with Gasteiger partial charge in [0.25, 0.3) is 0 Å². The van der Waals surface area contributed by atoms with Gasteiger partial charge < -0.3 is 4.90 Å². The fourth-order valence-corrected chi connectivity index (χ4v) is 9.07. The number of amidine groups is 1. The lowest BCUT2D eigenvalue weighted by Crippen LogP contribution is -2.10. The van der Waals surface area contributed by atoms with Gasteiger partial charge in [0, 0.05) is 28.3 Å². The average molecular weight is 836 g/mol. The van der Waals surface area contributed by atoms with Crippen molar-refractivity contribution in [3.05, 3.63) is 264 Å². The highest BCUT2D eigenvalue weighted by atomic mass is 15.1. The molecule has 0 saturated heterocycles. The van der Waals surface area contributed by atoms with E-state index in [1.165, 1.54) is 61.2 Å². The molecule has 0 amide bonds. The summed E-state index contributed by atoms with van der Waals surface area (Å²) in [7, 11) is 0. The first-order chi connectivity index (χ1) is 31.9. The summed E-state index contributed by atoms with van der Waals surface area (Å²) >= 11 is 0. The van der Waals surface area contributed by atoms with Crippen molar-refractivity contribution in [2.24, 2.45) is 9.98 Å². The standard InChI is InChI=1S/C62H49N3/c1-42-17-14-15-25-57(42)59-40-51(28-27-43(59)2)50-31-36-55(37-32-50)65(54-34-29-49(30-35-54)48-22-12-7-13-23-48)56-38-33-52-39-53-24-16-26-58(61(53)60(52)41-56)62(63-44(3)46-18-8-5-9-19-46)64-45(4)47-20-10-6-11-21-47/h5-38,40-41H,3,39H2,1-2,4H3. The number of anilines is 3. The first-order valence-electron chi connectivity index (χ1n) is 22.3. The number of nitrogens with zero attached hydrogens (tertiary/aromatic N) is 3. The summed E-state index contributed by atoms with van der Waals surface area (Å²) in [6.07, 6.45) is 0.828. The largest absolute Gasteiger partial charge is 0.310 e. The average Bonchev–Trinajstić information content (AvgIpc) is 3.74. The summed E-state index contributed by atoms with van der Waals surface area (Å²) in [5.41, 5.74) is 22.5. The predicted octanol–water partition coefficient (Wildman–Crippen LogP) is 16.3. The number of aliphatic imine (C=N–C) groups is 2. The Morgan fingerprint density at radius 2 is 0.985 bits per heavy atom. The van der Waals surface area contributed by atoms with E-state index in [2.05, 4.69) is 202 Å². The third kappa shape index (κ3) is 8.40. The normalized spacial score (nSPS) is 12.1. The van der Waals surface area contributed by atoms with E-state index in [4.69, 9.17) is 9.98 Å². The first-order valence-corrected chi connectivity index (χ1v) is 22.3. The number of benzene rings is 9. The van der Waals surface area contributed by atoms with Crippen LogP contribution in [0.25, 0.3) is 50.2 Å². The molecule has 65 heavy (non-hydrogen) atoms. The Kier molecular flexibility index (Phi) is 11.3. The van der Waals surface area contributed by atoms with Gasteiger partial charge in [0.1, 0.15) is 0 Å². The van der Waals surface area contributed by atoms with Crippen LogP contribution in [0, 0.1) is 13.8 Å². The van der Waals surface area contributed by atoms with Crippen molar-refractivity contribution in [3.8, 4) is 44.5 Å². The second kappa shape index (κ2) is 17.9. The molecule has 0 atom stereocenters. The molecule has 0 radical (unpaired) electrons. The van der Waals surface area contributed by atoms with Gasteiger partial charge in [-0.05, 0) is 148 Å². The molecular weight excluding hydrogens is 787 g/mol. The second-order valence-corrected chi connectivity index (χ2v) is 16.8. The molecule has 0 saturated carbocycles. The monoisotopic (exact) mass is 835 g/mol. The zero-order chi connectivity index (χ0) is 44.3. The van der Waals surface area contributed by atoms with Gasteiger partial charge >= 0.3 is 0 Å². The van der Waals surface area contributed by atoms with Crippen LogP contribution in [0.15, 0.2) is 235 Å². The third-order valence-corrected chi connectivity index (χ3v) is 12.6. The third-order valence-electron chi connectivity index (χ3n) is 12.6. The molecule has 0 aromatic heterocycles. The summed E-state index contributed by atoms with van der Waals surface area (Å²) in [6, 6.07) is 77.9. The van der Waals surface area contributed by atoms with E-state index < -0.39 is 0 Å². The van der Waals surface area contributed by atoms with Crippen LogP contribution in [0.1, 0.15) is 45.9 Å². The Labute approximate surface area is 383 Å². The number of aryl methyl sites for hydroxylation is 2. The van der Waals surface area contributed by atoms with E-state index in [9.17, 15) is 0 Å². The minimum atomic E-state index is 0.640. The van der Waals surface area contributed by atoms with Gasteiger partial charge in [-0.15, -0.1) is 0 Å². The number of hydrogen-bond acceptors (Lipinski definition) is 2. The van der Waals surface area contributed by atoms with Crippen LogP contribution in [0.4, 0.5) is 17.1 Å². The molecule has 1 aliphatic rings. The Morgan fingerprint density at radius 3 is 1.66 bits per heavy atom.